The molecule has 0 nitrogen and oxygen atoms in total. The summed E-state index contributed by atoms with van der Waals surface area (Å²) in [5, 5.41) is 7.81. The molecule has 168 valence electrons. The van der Waals surface area contributed by atoms with Crippen molar-refractivity contribution in [3.8, 4) is 33.4 Å². The smallest absolute Gasteiger partial charge is 0.00204 e. The maximum atomic E-state index is 2.36. The predicted molar refractivity (Wildman–Crippen MR) is 155 cm³/mol. The topological polar surface area (TPSA) is 0 Å². The predicted octanol–water partition coefficient (Wildman–Crippen LogP) is 10.1. The van der Waals surface area contributed by atoms with Gasteiger partial charge in [-0.25, -0.2) is 0 Å². The van der Waals surface area contributed by atoms with Crippen molar-refractivity contribution in [2.24, 2.45) is 0 Å². The van der Waals surface area contributed by atoms with Crippen LogP contribution < -0.4 is 0 Å². The first-order chi connectivity index (χ1) is 17.9. The molecule has 0 amide bonds. The van der Waals surface area contributed by atoms with E-state index in [9.17, 15) is 0 Å². The van der Waals surface area contributed by atoms with Crippen LogP contribution in [-0.2, 0) is 0 Å². The Balaban J connectivity index is 1.50. The Morgan fingerprint density at radius 1 is 0.250 bits per heavy atom. The maximum Gasteiger partial charge on any atom is -0.00204 e. The molecule has 7 aromatic rings. The zero-order valence-corrected chi connectivity index (χ0v) is 19.9. The Kier molecular flexibility index (Phi) is 4.89. The van der Waals surface area contributed by atoms with Gasteiger partial charge in [0.15, 0.2) is 0 Å². The molecule has 0 heteroatoms. The van der Waals surface area contributed by atoms with E-state index in [0.717, 1.165) is 0 Å². The Bertz CT molecular complexity index is 1840. The average Bonchev–Trinajstić information content (AvgIpc) is 2.98. The van der Waals surface area contributed by atoms with Crippen molar-refractivity contribution < 1.29 is 0 Å². The minimum atomic E-state index is 1.24. The molecular weight excluding hydrogens is 432 g/mol. The van der Waals surface area contributed by atoms with Crippen LogP contribution >= 0.6 is 0 Å². The van der Waals surface area contributed by atoms with Crippen LogP contribution in [0.4, 0.5) is 0 Å². The van der Waals surface area contributed by atoms with Gasteiger partial charge in [0.05, 0.1) is 0 Å². The first-order valence-corrected chi connectivity index (χ1v) is 12.5. The minimum absolute atomic E-state index is 1.24. The molecule has 0 bridgehead atoms. The lowest BCUT2D eigenvalue weighted by molar-refractivity contribution is 1.61. The van der Waals surface area contributed by atoms with Crippen LogP contribution in [0.2, 0.25) is 0 Å². The standard InChI is InChI=1S/C36H24/c1-3-10-25(11-4-1)27-18-20-28(21-19-27)30-16-9-17-34-35-24-29(26-12-5-2-6-13-26)22-23-32(35)31-14-7-8-15-33(31)36(30)34/h1-24H. The van der Waals surface area contributed by atoms with E-state index in [1.807, 2.05) is 0 Å². The van der Waals surface area contributed by atoms with Gasteiger partial charge in [-0.1, -0.05) is 140 Å². The monoisotopic (exact) mass is 456 g/mol. The van der Waals surface area contributed by atoms with E-state index in [1.165, 1.54) is 65.7 Å². The van der Waals surface area contributed by atoms with Gasteiger partial charge in [0.25, 0.3) is 0 Å². The van der Waals surface area contributed by atoms with Crippen LogP contribution in [0.1, 0.15) is 0 Å². The van der Waals surface area contributed by atoms with Crippen molar-refractivity contribution in [1.29, 1.82) is 0 Å². The molecule has 0 saturated heterocycles. The van der Waals surface area contributed by atoms with Crippen LogP contribution in [0, 0.1) is 0 Å². The summed E-state index contributed by atoms with van der Waals surface area (Å²) in [4.78, 5) is 0. The first-order valence-electron chi connectivity index (χ1n) is 12.5. The van der Waals surface area contributed by atoms with E-state index < -0.39 is 0 Å². The highest BCUT2D eigenvalue weighted by atomic mass is 14.2. The molecule has 7 aromatic carbocycles. The largest absolute Gasteiger partial charge is 0.0622 e. The van der Waals surface area contributed by atoms with E-state index in [-0.39, 0.29) is 0 Å². The zero-order valence-electron chi connectivity index (χ0n) is 19.9. The molecule has 0 radical (unpaired) electrons. The van der Waals surface area contributed by atoms with Gasteiger partial charge in [-0.05, 0) is 71.8 Å². The second kappa shape index (κ2) is 8.52. The normalized spacial score (nSPS) is 11.3. The van der Waals surface area contributed by atoms with E-state index in [0.29, 0.717) is 0 Å². The molecule has 0 aliphatic rings. The molecule has 0 fully saturated rings. The molecule has 0 aromatic heterocycles. The summed E-state index contributed by atoms with van der Waals surface area (Å²) in [5.74, 6) is 0. The highest BCUT2D eigenvalue weighted by molar-refractivity contribution is 6.28. The lowest BCUT2D eigenvalue weighted by Crippen LogP contribution is -1.88. The van der Waals surface area contributed by atoms with Gasteiger partial charge in [-0.3, -0.25) is 0 Å². The summed E-state index contributed by atoms with van der Waals surface area (Å²) in [5.41, 5.74) is 7.49. The molecule has 0 N–H and O–H groups in total. The highest BCUT2D eigenvalue weighted by Gasteiger charge is 2.13. The second-order valence-electron chi connectivity index (χ2n) is 9.34. The Morgan fingerprint density at radius 2 is 0.722 bits per heavy atom. The number of rotatable bonds is 3. The van der Waals surface area contributed by atoms with Crippen molar-refractivity contribution in [3.05, 3.63) is 146 Å². The van der Waals surface area contributed by atoms with Gasteiger partial charge >= 0.3 is 0 Å². The molecule has 36 heavy (non-hydrogen) atoms. The molecule has 0 aliphatic carbocycles. The number of benzene rings is 7. The third-order valence-corrected chi connectivity index (χ3v) is 7.27. The summed E-state index contributed by atoms with van der Waals surface area (Å²) in [6.45, 7) is 0. The highest BCUT2D eigenvalue weighted by Crippen LogP contribution is 2.41. The van der Waals surface area contributed by atoms with Crippen molar-refractivity contribution in [2.75, 3.05) is 0 Å². The van der Waals surface area contributed by atoms with Crippen LogP contribution in [0.5, 0.6) is 0 Å². The number of fused-ring (bicyclic) bond motifs is 6. The van der Waals surface area contributed by atoms with Gasteiger partial charge in [0.1, 0.15) is 0 Å². The first kappa shape index (κ1) is 20.7. The molecule has 0 unspecified atom stereocenters. The molecule has 0 spiro atoms. The van der Waals surface area contributed by atoms with Crippen molar-refractivity contribution in [2.45, 2.75) is 0 Å². The summed E-state index contributed by atoms with van der Waals surface area (Å²) >= 11 is 0. The number of hydrogen-bond acceptors (Lipinski definition) is 0. The van der Waals surface area contributed by atoms with Gasteiger partial charge in [-0.2, -0.15) is 0 Å². The van der Waals surface area contributed by atoms with Crippen molar-refractivity contribution >= 4 is 32.3 Å². The Morgan fingerprint density at radius 3 is 1.44 bits per heavy atom. The van der Waals surface area contributed by atoms with Crippen LogP contribution in [0.25, 0.3) is 65.7 Å². The quantitative estimate of drug-likeness (QED) is 0.232. The summed E-state index contributed by atoms with van der Waals surface area (Å²) in [6.07, 6.45) is 0. The van der Waals surface area contributed by atoms with Crippen molar-refractivity contribution in [1.82, 2.24) is 0 Å². The molecular formula is C36H24. The maximum absolute atomic E-state index is 2.36. The van der Waals surface area contributed by atoms with Gasteiger partial charge < -0.3 is 0 Å². The second-order valence-corrected chi connectivity index (χ2v) is 9.34. The Hall–Kier alpha value is -4.68. The van der Waals surface area contributed by atoms with Crippen LogP contribution in [-0.4, -0.2) is 0 Å². The van der Waals surface area contributed by atoms with Crippen LogP contribution in [0.3, 0.4) is 0 Å². The molecule has 0 atom stereocenters. The fourth-order valence-corrected chi connectivity index (χ4v) is 5.53. The third-order valence-electron chi connectivity index (χ3n) is 7.27. The van der Waals surface area contributed by atoms with Gasteiger partial charge in [0.2, 0.25) is 0 Å². The zero-order chi connectivity index (χ0) is 23.9. The number of hydrogen-bond donors (Lipinski definition) is 0. The third kappa shape index (κ3) is 3.39. The summed E-state index contributed by atoms with van der Waals surface area (Å²) in [6, 6.07) is 52.7. The fraction of sp³-hybridized carbons (Fsp3) is 0. The molecule has 0 heterocycles. The molecule has 7 rings (SSSR count). The van der Waals surface area contributed by atoms with E-state index in [2.05, 4.69) is 146 Å². The van der Waals surface area contributed by atoms with E-state index in [4.69, 9.17) is 0 Å². The minimum Gasteiger partial charge on any atom is -0.0622 e. The lowest BCUT2D eigenvalue weighted by atomic mass is 9.88. The van der Waals surface area contributed by atoms with Crippen molar-refractivity contribution in [3.63, 3.8) is 0 Å². The average molecular weight is 457 g/mol. The summed E-state index contributed by atoms with van der Waals surface area (Å²) in [7, 11) is 0. The van der Waals surface area contributed by atoms with Gasteiger partial charge in [0, 0.05) is 0 Å². The summed E-state index contributed by atoms with van der Waals surface area (Å²) < 4.78 is 0. The van der Waals surface area contributed by atoms with Gasteiger partial charge in [-0.15, -0.1) is 0 Å². The fourth-order valence-electron chi connectivity index (χ4n) is 5.53. The van der Waals surface area contributed by atoms with E-state index in [1.54, 1.807) is 0 Å². The lowest BCUT2D eigenvalue weighted by Gasteiger charge is -2.15. The van der Waals surface area contributed by atoms with Crippen LogP contribution in [0.15, 0.2) is 146 Å². The molecule has 0 saturated carbocycles. The molecule has 0 aliphatic heterocycles. The SMILES string of the molecule is c1ccc(-c2ccc(-c3cccc4c5cc(-c6ccccc6)ccc5c5ccccc5c34)cc2)cc1. The van der Waals surface area contributed by atoms with E-state index >= 15 is 0 Å². The Labute approximate surface area is 211 Å².